The molecule has 1 aromatic carbocycles. The van der Waals surface area contributed by atoms with Gasteiger partial charge in [-0.1, -0.05) is 24.3 Å². The van der Waals surface area contributed by atoms with E-state index in [1.54, 1.807) is 16.9 Å². The Morgan fingerprint density at radius 3 is 2.67 bits per heavy atom. The molecule has 4 rings (SSSR count). The number of fused-ring (bicyclic) bond motifs is 5. The molecule has 86 valence electrons. The van der Waals surface area contributed by atoms with Crippen molar-refractivity contribution < 1.29 is 4.79 Å². The minimum atomic E-state index is 0.0307. The first-order chi connectivity index (χ1) is 8.77. The molecule has 0 aliphatic heterocycles. The second-order valence-electron chi connectivity index (χ2n) is 4.46. The fourth-order valence-electron chi connectivity index (χ4n) is 2.50. The zero-order valence-corrected chi connectivity index (χ0v) is 9.71. The molecule has 0 bridgehead atoms. The number of benzene rings is 1. The van der Waals surface area contributed by atoms with Gasteiger partial charge < -0.3 is 0 Å². The second kappa shape index (κ2) is 3.04. The lowest BCUT2D eigenvalue weighted by Gasteiger charge is -2.02. The zero-order chi connectivity index (χ0) is 12.3. The molecule has 0 unspecified atom stereocenters. The van der Waals surface area contributed by atoms with Gasteiger partial charge in [-0.05, 0) is 6.92 Å². The Bertz CT molecular complexity index is 817. The van der Waals surface area contributed by atoms with Crippen LogP contribution in [-0.4, -0.2) is 20.4 Å². The third-order valence-electron chi connectivity index (χ3n) is 3.37. The van der Waals surface area contributed by atoms with E-state index < -0.39 is 0 Å². The monoisotopic (exact) mass is 235 g/mol. The first-order valence-corrected chi connectivity index (χ1v) is 5.75. The van der Waals surface area contributed by atoms with Gasteiger partial charge in [-0.3, -0.25) is 4.79 Å². The number of aromatic nitrogens is 3. The van der Waals surface area contributed by atoms with E-state index in [1.165, 1.54) is 0 Å². The third kappa shape index (κ3) is 0.977. The molecular weight excluding hydrogens is 226 g/mol. The van der Waals surface area contributed by atoms with Crippen LogP contribution in [0.5, 0.6) is 0 Å². The van der Waals surface area contributed by atoms with Crippen LogP contribution in [0.2, 0.25) is 0 Å². The predicted molar refractivity (Wildman–Crippen MR) is 66.6 cm³/mol. The molecule has 0 atom stereocenters. The van der Waals surface area contributed by atoms with E-state index in [4.69, 9.17) is 0 Å². The van der Waals surface area contributed by atoms with Gasteiger partial charge in [-0.25, -0.2) is 9.50 Å². The average molecular weight is 235 g/mol. The summed E-state index contributed by atoms with van der Waals surface area (Å²) in [7, 11) is 0. The lowest BCUT2D eigenvalue weighted by molar-refractivity contribution is 0.104. The quantitative estimate of drug-likeness (QED) is 0.469. The Hall–Kier alpha value is -2.49. The molecule has 0 radical (unpaired) electrons. The smallest absolute Gasteiger partial charge is 0.197 e. The fourth-order valence-corrected chi connectivity index (χ4v) is 2.50. The van der Waals surface area contributed by atoms with Crippen LogP contribution in [0.15, 0.2) is 36.7 Å². The first kappa shape index (κ1) is 9.53. The second-order valence-corrected chi connectivity index (χ2v) is 4.46. The number of nitrogens with zero attached hydrogens (tertiary/aromatic N) is 3. The van der Waals surface area contributed by atoms with Gasteiger partial charge in [-0.2, -0.15) is 5.10 Å². The van der Waals surface area contributed by atoms with Crippen LogP contribution < -0.4 is 0 Å². The number of carbonyl (C=O) groups excluding carboxylic acids is 1. The number of carbonyl (C=O) groups is 1. The Balaban J connectivity index is 2.22. The van der Waals surface area contributed by atoms with Crippen LogP contribution in [-0.2, 0) is 0 Å². The Morgan fingerprint density at radius 1 is 1.06 bits per heavy atom. The Labute approximate surface area is 103 Å². The van der Waals surface area contributed by atoms with E-state index in [9.17, 15) is 4.79 Å². The topological polar surface area (TPSA) is 47.3 Å². The number of aryl methyl sites for hydroxylation is 1. The summed E-state index contributed by atoms with van der Waals surface area (Å²) in [6.45, 7) is 1.96. The van der Waals surface area contributed by atoms with E-state index in [-0.39, 0.29) is 5.78 Å². The molecule has 4 heteroatoms. The average Bonchev–Trinajstić information content (AvgIpc) is 2.91. The van der Waals surface area contributed by atoms with Gasteiger partial charge in [-0.15, -0.1) is 0 Å². The minimum absolute atomic E-state index is 0.0307. The van der Waals surface area contributed by atoms with Gasteiger partial charge in [0.25, 0.3) is 0 Å². The Morgan fingerprint density at radius 2 is 1.83 bits per heavy atom. The summed E-state index contributed by atoms with van der Waals surface area (Å²) >= 11 is 0. The zero-order valence-electron chi connectivity index (χ0n) is 9.71. The summed E-state index contributed by atoms with van der Waals surface area (Å²) < 4.78 is 1.76. The molecular formula is C14H9N3O. The molecule has 1 aliphatic carbocycles. The molecule has 4 nitrogen and oxygen atoms in total. The van der Waals surface area contributed by atoms with Crippen molar-refractivity contribution in [3.05, 3.63) is 53.3 Å². The van der Waals surface area contributed by atoms with Gasteiger partial charge in [0.15, 0.2) is 11.4 Å². The molecule has 0 spiro atoms. The summed E-state index contributed by atoms with van der Waals surface area (Å²) in [4.78, 5) is 16.6. The van der Waals surface area contributed by atoms with E-state index >= 15 is 0 Å². The van der Waals surface area contributed by atoms with Crippen LogP contribution in [0.4, 0.5) is 0 Å². The molecule has 1 aliphatic rings. The predicted octanol–water partition coefficient (Wildman–Crippen LogP) is 2.25. The van der Waals surface area contributed by atoms with Crippen molar-refractivity contribution in [2.45, 2.75) is 6.92 Å². The molecule has 0 fully saturated rings. The molecule has 2 aromatic heterocycles. The van der Waals surface area contributed by atoms with Gasteiger partial charge in [0, 0.05) is 22.9 Å². The SMILES string of the molecule is Cc1cnn2c3c(cnc12)C(=O)c1ccccc1-3. The number of hydrogen-bond donors (Lipinski definition) is 0. The van der Waals surface area contributed by atoms with Gasteiger partial charge in [0.05, 0.1) is 17.5 Å². The van der Waals surface area contributed by atoms with E-state index in [2.05, 4.69) is 10.1 Å². The largest absolute Gasteiger partial charge is 0.288 e. The van der Waals surface area contributed by atoms with E-state index in [0.717, 1.165) is 28.0 Å². The fraction of sp³-hybridized carbons (Fsp3) is 0.0714. The van der Waals surface area contributed by atoms with Crippen LogP contribution in [0, 0.1) is 6.92 Å². The summed E-state index contributed by atoms with van der Waals surface area (Å²) in [5.41, 5.74) is 4.97. The molecule has 0 N–H and O–H groups in total. The highest BCUT2D eigenvalue weighted by atomic mass is 16.1. The minimum Gasteiger partial charge on any atom is -0.288 e. The summed E-state index contributed by atoms with van der Waals surface area (Å²) in [5, 5.41) is 4.33. The molecule has 3 aromatic rings. The normalized spacial score (nSPS) is 12.8. The van der Waals surface area contributed by atoms with Crippen LogP contribution in [0.1, 0.15) is 21.5 Å². The highest BCUT2D eigenvalue weighted by Gasteiger charge is 2.29. The van der Waals surface area contributed by atoms with Crippen molar-refractivity contribution in [3.8, 4) is 11.3 Å². The number of hydrogen-bond acceptors (Lipinski definition) is 3. The lowest BCUT2D eigenvalue weighted by atomic mass is 10.1. The van der Waals surface area contributed by atoms with Crippen molar-refractivity contribution in [1.29, 1.82) is 0 Å². The molecule has 18 heavy (non-hydrogen) atoms. The summed E-state index contributed by atoms with van der Waals surface area (Å²) in [5.74, 6) is 0.0307. The van der Waals surface area contributed by atoms with Crippen molar-refractivity contribution in [2.24, 2.45) is 0 Å². The van der Waals surface area contributed by atoms with Gasteiger partial charge >= 0.3 is 0 Å². The van der Waals surface area contributed by atoms with Crippen molar-refractivity contribution >= 4 is 11.4 Å². The molecule has 0 saturated carbocycles. The van der Waals surface area contributed by atoms with Crippen molar-refractivity contribution in [1.82, 2.24) is 14.6 Å². The lowest BCUT2D eigenvalue weighted by Crippen LogP contribution is -2.00. The maximum Gasteiger partial charge on any atom is 0.197 e. The third-order valence-corrected chi connectivity index (χ3v) is 3.37. The highest BCUT2D eigenvalue weighted by Crippen LogP contribution is 2.35. The molecule has 0 saturated heterocycles. The van der Waals surface area contributed by atoms with Crippen LogP contribution >= 0.6 is 0 Å². The van der Waals surface area contributed by atoms with Crippen molar-refractivity contribution in [2.75, 3.05) is 0 Å². The van der Waals surface area contributed by atoms with Crippen molar-refractivity contribution in [3.63, 3.8) is 0 Å². The number of rotatable bonds is 0. The summed E-state index contributed by atoms with van der Waals surface area (Å²) in [6.07, 6.45) is 3.43. The standard InChI is InChI=1S/C14H9N3O/c1-8-6-16-17-12-9-4-2-3-5-10(9)13(18)11(12)7-15-14(8)17/h2-7H,1H3. The maximum absolute atomic E-state index is 12.3. The Kier molecular flexibility index (Phi) is 1.61. The molecule has 2 heterocycles. The van der Waals surface area contributed by atoms with Crippen LogP contribution in [0.25, 0.3) is 16.9 Å². The molecule has 0 amide bonds. The van der Waals surface area contributed by atoms with E-state index in [0.29, 0.717) is 5.56 Å². The van der Waals surface area contributed by atoms with Gasteiger partial charge in [0.1, 0.15) is 0 Å². The number of ketones is 1. The van der Waals surface area contributed by atoms with E-state index in [1.807, 2.05) is 31.2 Å². The van der Waals surface area contributed by atoms with Crippen LogP contribution in [0.3, 0.4) is 0 Å². The maximum atomic E-state index is 12.3. The first-order valence-electron chi connectivity index (χ1n) is 5.75. The highest BCUT2D eigenvalue weighted by molar-refractivity contribution is 6.21. The van der Waals surface area contributed by atoms with Gasteiger partial charge in [0.2, 0.25) is 0 Å². The summed E-state index contributed by atoms with van der Waals surface area (Å²) in [6, 6.07) is 7.61.